The largest absolute Gasteiger partial charge is 0.495 e. The number of benzene rings is 2. The van der Waals surface area contributed by atoms with E-state index in [-0.39, 0.29) is 10.9 Å². The summed E-state index contributed by atoms with van der Waals surface area (Å²) in [4.78, 5) is 12.6. The van der Waals surface area contributed by atoms with Crippen LogP contribution in [0.1, 0.15) is 11.5 Å². The second-order valence-corrected chi connectivity index (χ2v) is 4.91. The van der Waals surface area contributed by atoms with E-state index in [2.05, 4.69) is 5.32 Å². The first-order valence-electron chi connectivity index (χ1n) is 6.41. The van der Waals surface area contributed by atoms with Gasteiger partial charge in [-0.1, -0.05) is 54.7 Å². The van der Waals surface area contributed by atoms with Gasteiger partial charge in [0, 0.05) is 0 Å². The standard InChI is InChI=1S/C16H16N2O2S/c1-20-13-10-6-5-9-12(13)18-16(19)14(15(17)21)11-7-3-2-4-8-11/h2-10,14H,1H3,(H2,17,21)(H,18,19). The maximum Gasteiger partial charge on any atom is 0.238 e. The van der Waals surface area contributed by atoms with Crippen LogP contribution in [0.3, 0.4) is 0 Å². The molecule has 0 aliphatic heterocycles. The summed E-state index contributed by atoms with van der Waals surface area (Å²) in [7, 11) is 1.55. The van der Waals surface area contributed by atoms with Crippen LogP contribution in [-0.2, 0) is 4.79 Å². The fourth-order valence-corrected chi connectivity index (χ4v) is 2.29. The predicted octanol–water partition coefficient (Wildman–Crippen LogP) is 2.70. The summed E-state index contributed by atoms with van der Waals surface area (Å²) in [6, 6.07) is 16.4. The molecule has 0 heterocycles. The zero-order chi connectivity index (χ0) is 15.2. The average Bonchev–Trinajstić information content (AvgIpc) is 2.48. The molecule has 1 unspecified atom stereocenters. The first kappa shape index (κ1) is 15.0. The molecule has 5 heteroatoms. The molecule has 0 aliphatic rings. The van der Waals surface area contributed by atoms with Gasteiger partial charge in [-0.05, 0) is 17.7 Å². The molecule has 2 aromatic carbocycles. The Kier molecular flexibility index (Phi) is 4.90. The van der Waals surface area contributed by atoms with Crippen molar-refractivity contribution < 1.29 is 9.53 Å². The number of nitrogens with one attached hydrogen (secondary N) is 1. The van der Waals surface area contributed by atoms with Crippen LogP contribution >= 0.6 is 12.2 Å². The zero-order valence-corrected chi connectivity index (χ0v) is 12.4. The number of nitrogens with two attached hydrogens (primary N) is 1. The topological polar surface area (TPSA) is 64.3 Å². The summed E-state index contributed by atoms with van der Waals surface area (Å²) in [5, 5.41) is 2.81. The summed E-state index contributed by atoms with van der Waals surface area (Å²) in [5.74, 6) is -0.370. The van der Waals surface area contributed by atoms with Crippen LogP contribution in [0, 0.1) is 0 Å². The van der Waals surface area contributed by atoms with Crippen LogP contribution in [0.25, 0.3) is 0 Å². The van der Waals surface area contributed by atoms with Crippen molar-refractivity contribution in [2.45, 2.75) is 5.92 Å². The molecule has 108 valence electrons. The van der Waals surface area contributed by atoms with Crippen molar-refractivity contribution in [3.8, 4) is 5.75 Å². The van der Waals surface area contributed by atoms with E-state index in [9.17, 15) is 4.79 Å². The minimum atomic E-state index is -0.675. The normalized spacial score (nSPS) is 11.5. The number of ether oxygens (including phenoxy) is 1. The second-order valence-electron chi connectivity index (χ2n) is 4.44. The highest BCUT2D eigenvalue weighted by atomic mass is 32.1. The van der Waals surface area contributed by atoms with Gasteiger partial charge in [0.15, 0.2) is 0 Å². The second kappa shape index (κ2) is 6.85. The van der Waals surface area contributed by atoms with Crippen molar-refractivity contribution in [3.63, 3.8) is 0 Å². The Labute approximate surface area is 128 Å². The van der Waals surface area contributed by atoms with E-state index in [1.807, 2.05) is 42.5 Å². The number of carbonyl (C=O) groups excluding carboxylic acids is 1. The van der Waals surface area contributed by atoms with E-state index in [4.69, 9.17) is 22.7 Å². The monoisotopic (exact) mass is 300 g/mol. The highest BCUT2D eigenvalue weighted by Gasteiger charge is 2.24. The number of anilines is 1. The Balaban J connectivity index is 2.26. The number of para-hydroxylation sites is 2. The number of hydrogen-bond donors (Lipinski definition) is 2. The van der Waals surface area contributed by atoms with Crippen molar-refractivity contribution in [3.05, 3.63) is 60.2 Å². The van der Waals surface area contributed by atoms with Crippen LogP contribution in [0.2, 0.25) is 0 Å². The van der Waals surface area contributed by atoms with E-state index in [1.54, 1.807) is 19.2 Å². The maximum absolute atomic E-state index is 12.5. The molecule has 0 aromatic heterocycles. The van der Waals surface area contributed by atoms with Gasteiger partial charge in [-0.15, -0.1) is 0 Å². The van der Waals surface area contributed by atoms with Crippen LogP contribution in [0.4, 0.5) is 5.69 Å². The summed E-state index contributed by atoms with van der Waals surface area (Å²) in [6.07, 6.45) is 0. The lowest BCUT2D eigenvalue weighted by Gasteiger charge is -2.17. The minimum absolute atomic E-state index is 0.133. The number of thiocarbonyl (C=S) groups is 1. The van der Waals surface area contributed by atoms with Gasteiger partial charge in [-0.2, -0.15) is 0 Å². The van der Waals surface area contributed by atoms with Crippen molar-refractivity contribution in [2.75, 3.05) is 12.4 Å². The summed E-state index contributed by atoms with van der Waals surface area (Å²) in [5.41, 5.74) is 7.08. The van der Waals surface area contributed by atoms with Gasteiger partial charge in [-0.25, -0.2) is 0 Å². The molecule has 2 rings (SSSR count). The highest BCUT2D eigenvalue weighted by molar-refractivity contribution is 7.80. The van der Waals surface area contributed by atoms with E-state index >= 15 is 0 Å². The third-order valence-electron chi connectivity index (χ3n) is 3.04. The average molecular weight is 300 g/mol. The molecular formula is C16H16N2O2S. The first-order valence-corrected chi connectivity index (χ1v) is 6.82. The van der Waals surface area contributed by atoms with Crippen molar-refractivity contribution in [1.82, 2.24) is 0 Å². The molecule has 3 N–H and O–H groups in total. The van der Waals surface area contributed by atoms with E-state index in [0.717, 1.165) is 5.56 Å². The number of hydrogen-bond acceptors (Lipinski definition) is 3. The Morgan fingerprint density at radius 1 is 1.14 bits per heavy atom. The first-order chi connectivity index (χ1) is 10.1. The lowest BCUT2D eigenvalue weighted by Crippen LogP contribution is -2.31. The van der Waals surface area contributed by atoms with Crippen LogP contribution in [0.5, 0.6) is 5.75 Å². The van der Waals surface area contributed by atoms with Gasteiger partial charge in [0.1, 0.15) is 11.7 Å². The van der Waals surface area contributed by atoms with Crippen LogP contribution in [0.15, 0.2) is 54.6 Å². The van der Waals surface area contributed by atoms with E-state index in [0.29, 0.717) is 11.4 Å². The summed E-state index contributed by atoms with van der Waals surface area (Å²) < 4.78 is 5.21. The maximum atomic E-state index is 12.5. The van der Waals surface area contributed by atoms with Crippen LogP contribution < -0.4 is 15.8 Å². The van der Waals surface area contributed by atoms with Crippen molar-refractivity contribution >= 4 is 28.8 Å². The molecule has 0 spiro atoms. The molecule has 1 amide bonds. The molecule has 2 aromatic rings. The molecule has 0 fully saturated rings. The lowest BCUT2D eigenvalue weighted by atomic mass is 9.98. The molecule has 0 aliphatic carbocycles. The van der Waals surface area contributed by atoms with Gasteiger partial charge in [0.05, 0.1) is 17.8 Å². The van der Waals surface area contributed by atoms with Gasteiger partial charge in [0.2, 0.25) is 5.91 Å². The SMILES string of the molecule is COc1ccccc1NC(=O)C(C(N)=S)c1ccccc1. The molecule has 0 bridgehead atoms. The van der Waals surface area contributed by atoms with Gasteiger partial charge >= 0.3 is 0 Å². The van der Waals surface area contributed by atoms with E-state index < -0.39 is 5.92 Å². The van der Waals surface area contributed by atoms with Crippen molar-refractivity contribution in [1.29, 1.82) is 0 Å². The van der Waals surface area contributed by atoms with Gasteiger partial charge in [0.25, 0.3) is 0 Å². The van der Waals surface area contributed by atoms with Crippen LogP contribution in [-0.4, -0.2) is 18.0 Å². The van der Waals surface area contributed by atoms with Gasteiger partial charge < -0.3 is 15.8 Å². The predicted molar refractivity (Wildman–Crippen MR) is 87.6 cm³/mol. The fraction of sp³-hybridized carbons (Fsp3) is 0.125. The Hall–Kier alpha value is -2.40. The molecular weight excluding hydrogens is 284 g/mol. The smallest absolute Gasteiger partial charge is 0.238 e. The lowest BCUT2D eigenvalue weighted by molar-refractivity contribution is -0.116. The molecule has 4 nitrogen and oxygen atoms in total. The summed E-state index contributed by atoms with van der Waals surface area (Å²) in [6.45, 7) is 0. The number of methoxy groups -OCH3 is 1. The Bertz CT molecular complexity index is 644. The van der Waals surface area contributed by atoms with Gasteiger partial charge in [-0.3, -0.25) is 4.79 Å². The quantitative estimate of drug-likeness (QED) is 0.833. The van der Waals surface area contributed by atoms with Crippen molar-refractivity contribution in [2.24, 2.45) is 5.73 Å². The number of carbonyl (C=O) groups is 1. The Morgan fingerprint density at radius 2 is 1.76 bits per heavy atom. The minimum Gasteiger partial charge on any atom is -0.495 e. The third-order valence-corrected chi connectivity index (χ3v) is 3.28. The molecule has 0 saturated heterocycles. The number of amides is 1. The molecule has 21 heavy (non-hydrogen) atoms. The fourth-order valence-electron chi connectivity index (χ4n) is 2.04. The highest BCUT2D eigenvalue weighted by Crippen LogP contribution is 2.25. The third kappa shape index (κ3) is 3.58. The molecule has 0 radical (unpaired) electrons. The zero-order valence-electron chi connectivity index (χ0n) is 11.6. The number of rotatable bonds is 5. The Morgan fingerprint density at radius 3 is 2.38 bits per heavy atom. The molecule has 0 saturated carbocycles. The summed E-state index contributed by atoms with van der Waals surface area (Å²) >= 11 is 5.04. The van der Waals surface area contributed by atoms with E-state index in [1.165, 1.54) is 0 Å². The molecule has 1 atom stereocenters.